The van der Waals surface area contributed by atoms with Crippen molar-refractivity contribution in [3.05, 3.63) is 0 Å². The molecule has 3 unspecified atom stereocenters. The van der Waals surface area contributed by atoms with Crippen molar-refractivity contribution in [2.75, 3.05) is 26.7 Å². The Labute approximate surface area is 112 Å². The topological polar surface area (TPSA) is 0 Å². The Balaban J connectivity index is 0.00000112. The monoisotopic (exact) mass is 323 g/mol. The van der Waals surface area contributed by atoms with Gasteiger partial charge in [-0.05, 0) is 25.2 Å². The van der Waals surface area contributed by atoms with Crippen molar-refractivity contribution in [1.29, 1.82) is 0 Å². The number of piperidine rings is 1. The molecule has 90 valence electrons. The summed E-state index contributed by atoms with van der Waals surface area (Å²) in [5.74, 6) is 0.964. The molecule has 1 aliphatic heterocycles. The maximum Gasteiger partial charge on any atom is 0.0844 e. The quantitative estimate of drug-likeness (QED) is 0.468. The highest BCUT2D eigenvalue weighted by molar-refractivity contribution is 5.02. The van der Waals surface area contributed by atoms with E-state index < -0.39 is 0 Å². The Kier molecular flexibility index (Phi) is 3.54. The highest BCUT2D eigenvalue weighted by Crippen LogP contribution is 2.60. The molecule has 0 amide bonds. The van der Waals surface area contributed by atoms with E-state index in [4.69, 9.17) is 0 Å². The summed E-state index contributed by atoms with van der Waals surface area (Å²) in [7, 11) is 2.45. The third-order valence-electron chi connectivity index (χ3n) is 5.78. The lowest BCUT2D eigenvalue weighted by Gasteiger charge is -2.53. The van der Waals surface area contributed by atoms with Crippen LogP contribution in [-0.4, -0.2) is 31.2 Å². The third kappa shape index (κ3) is 1.86. The second kappa shape index (κ2) is 3.86. The molecule has 0 radical (unpaired) electrons. The molecule has 1 saturated carbocycles. The van der Waals surface area contributed by atoms with Crippen LogP contribution in [0.5, 0.6) is 0 Å². The summed E-state index contributed by atoms with van der Waals surface area (Å²) in [6, 6.07) is 0. The van der Waals surface area contributed by atoms with Crippen LogP contribution in [0.2, 0.25) is 0 Å². The minimum absolute atomic E-state index is 0. The molecular formula is C13H26IN. The number of rotatable bonds is 1. The molecule has 0 spiro atoms. The molecule has 1 aliphatic carbocycles. The molecule has 2 rings (SSSR count). The average Bonchev–Trinajstić information content (AvgIpc) is 2.24. The van der Waals surface area contributed by atoms with Gasteiger partial charge >= 0.3 is 0 Å². The minimum Gasteiger partial charge on any atom is -1.00 e. The molecule has 1 heterocycles. The van der Waals surface area contributed by atoms with Crippen molar-refractivity contribution in [2.24, 2.45) is 16.7 Å². The average molecular weight is 323 g/mol. The molecule has 3 atom stereocenters. The molecule has 1 saturated heterocycles. The summed E-state index contributed by atoms with van der Waals surface area (Å²) < 4.78 is 1.31. The first-order chi connectivity index (χ1) is 6.33. The first kappa shape index (κ1) is 13.8. The van der Waals surface area contributed by atoms with Crippen molar-refractivity contribution >= 4 is 0 Å². The fourth-order valence-electron chi connectivity index (χ4n) is 3.95. The van der Waals surface area contributed by atoms with Gasteiger partial charge in [-0.3, -0.25) is 0 Å². The van der Waals surface area contributed by atoms with Crippen molar-refractivity contribution in [3.63, 3.8) is 0 Å². The van der Waals surface area contributed by atoms with Gasteiger partial charge in [0.05, 0.1) is 26.7 Å². The van der Waals surface area contributed by atoms with E-state index in [1.165, 1.54) is 37.0 Å². The van der Waals surface area contributed by atoms with Crippen LogP contribution in [-0.2, 0) is 0 Å². The van der Waals surface area contributed by atoms with Gasteiger partial charge in [-0.15, -0.1) is 0 Å². The van der Waals surface area contributed by atoms with Gasteiger partial charge in [-0.2, -0.15) is 0 Å². The highest BCUT2D eigenvalue weighted by atomic mass is 127. The van der Waals surface area contributed by atoms with Crippen molar-refractivity contribution in [1.82, 2.24) is 0 Å². The largest absolute Gasteiger partial charge is 1.00 e. The molecule has 0 aromatic carbocycles. The van der Waals surface area contributed by atoms with E-state index in [0.29, 0.717) is 10.8 Å². The van der Waals surface area contributed by atoms with Gasteiger partial charge in [0.1, 0.15) is 0 Å². The first-order valence-corrected chi connectivity index (χ1v) is 6.17. The number of halogens is 1. The lowest BCUT2D eigenvalue weighted by molar-refractivity contribution is -0.924. The number of nitrogens with zero attached hydrogens (tertiary/aromatic N) is 1. The number of fused-ring (bicyclic) bond motifs is 2. The molecule has 0 aromatic rings. The zero-order valence-electron chi connectivity index (χ0n) is 10.9. The molecule has 1 nitrogen and oxygen atoms in total. The van der Waals surface area contributed by atoms with E-state index in [1.54, 1.807) is 0 Å². The predicted octanol–water partition coefficient (Wildman–Crippen LogP) is -0.0870. The number of quaternary nitrogens is 1. The molecule has 2 aliphatic rings. The van der Waals surface area contributed by atoms with E-state index in [2.05, 4.69) is 34.7 Å². The molecule has 2 bridgehead atoms. The Bertz CT molecular complexity index is 251. The van der Waals surface area contributed by atoms with Crippen LogP contribution in [0, 0.1) is 16.7 Å². The zero-order valence-corrected chi connectivity index (χ0v) is 13.1. The van der Waals surface area contributed by atoms with E-state index >= 15 is 0 Å². The minimum atomic E-state index is 0. The fourth-order valence-corrected chi connectivity index (χ4v) is 3.95. The number of hydrogen-bond donors (Lipinski definition) is 0. The molecule has 2 fully saturated rings. The van der Waals surface area contributed by atoms with Gasteiger partial charge in [0.25, 0.3) is 0 Å². The van der Waals surface area contributed by atoms with Gasteiger partial charge in [0.2, 0.25) is 0 Å². The van der Waals surface area contributed by atoms with Gasteiger partial charge in [0, 0.05) is 11.3 Å². The third-order valence-corrected chi connectivity index (χ3v) is 5.78. The molecule has 0 N–H and O–H groups in total. The van der Waals surface area contributed by atoms with Crippen molar-refractivity contribution in [3.8, 4) is 0 Å². The van der Waals surface area contributed by atoms with Crippen LogP contribution >= 0.6 is 0 Å². The zero-order chi connectivity index (χ0) is 10.6. The predicted molar refractivity (Wildman–Crippen MR) is 61.1 cm³/mol. The summed E-state index contributed by atoms with van der Waals surface area (Å²) in [6.45, 7) is 14.0. The standard InChI is InChI=1S/C13H26N.HI/c1-6-14(5)9-11-7-8-13(4,10-14)12(11,2)3;/h11H,6-10H2,1-5H3;1H/q+1;/p-1. The Morgan fingerprint density at radius 2 is 1.87 bits per heavy atom. The summed E-state index contributed by atoms with van der Waals surface area (Å²) in [5, 5.41) is 0. The number of hydrogen-bond acceptors (Lipinski definition) is 0. The Morgan fingerprint density at radius 1 is 1.27 bits per heavy atom. The lowest BCUT2D eigenvalue weighted by atomic mass is 9.62. The summed E-state index contributed by atoms with van der Waals surface area (Å²) >= 11 is 0. The smallest absolute Gasteiger partial charge is 0.0844 e. The van der Waals surface area contributed by atoms with Crippen LogP contribution in [0.1, 0.15) is 40.5 Å². The summed E-state index contributed by atoms with van der Waals surface area (Å²) in [5.41, 5.74) is 1.18. The van der Waals surface area contributed by atoms with E-state index in [0.717, 1.165) is 5.92 Å². The van der Waals surface area contributed by atoms with E-state index in [-0.39, 0.29) is 24.0 Å². The number of likely N-dealkylation sites (tertiary alicyclic amines) is 1. The van der Waals surface area contributed by atoms with Gasteiger partial charge < -0.3 is 28.5 Å². The van der Waals surface area contributed by atoms with Crippen LogP contribution in [0.3, 0.4) is 0 Å². The first-order valence-electron chi connectivity index (χ1n) is 6.17. The van der Waals surface area contributed by atoms with E-state index in [1.807, 2.05) is 0 Å². The molecule has 15 heavy (non-hydrogen) atoms. The van der Waals surface area contributed by atoms with Crippen LogP contribution in [0.25, 0.3) is 0 Å². The Hall–Kier alpha value is 0.690. The maximum atomic E-state index is 2.53. The van der Waals surface area contributed by atoms with Crippen molar-refractivity contribution < 1.29 is 28.5 Å². The van der Waals surface area contributed by atoms with Crippen molar-refractivity contribution in [2.45, 2.75) is 40.5 Å². The lowest BCUT2D eigenvalue weighted by Crippen LogP contribution is -3.00. The summed E-state index contributed by atoms with van der Waals surface area (Å²) in [4.78, 5) is 0. The van der Waals surface area contributed by atoms with Gasteiger partial charge in [-0.25, -0.2) is 0 Å². The molecule has 2 heteroatoms. The van der Waals surface area contributed by atoms with Crippen LogP contribution < -0.4 is 24.0 Å². The second-order valence-corrected chi connectivity index (χ2v) is 6.79. The van der Waals surface area contributed by atoms with Crippen LogP contribution in [0.15, 0.2) is 0 Å². The van der Waals surface area contributed by atoms with Gasteiger partial charge in [0.15, 0.2) is 0 Å². The molecule has 0 aromatic heterocycles. The van der Waals surface area contributed by atoms with Crippen LogP contribution in [0.4, 0.5) is 0 Å². The second-order valence-electron chi connectivity index (χ2n) is 6.79. The Morgan fingerprint density at radius 3 is 2.33 bits per heavy atom. The summed E-state index contributed by atoms with van der Waals surface area (Å²) in [6.07, 6.45) is 2.93. The maximum absolute atomic E-state index is 2.53. The highest BCUT2D eigenvalue weighted by Gasteiger charge is 2.59. The molecular weight excluding hydrogens is 297 g/mol. The fraction of sp³-hybridized carbons (Fsp3) is 1.00. The SMILES string of the molecule is CC[N+]1(C)CC2CCC(C)(C1)C2(C)C.[I-]. The van der Waals surface area contributed by atoms with Gasteiger partial charge in [-0.1, -0.05) is 20.8 Å². The normalized spacial score (nSPS) is 47.4. The van der Waals surface area contributed by atoms with E-state index in [9.17, 15) is 0 Å².